The highest BCUT2D eigenvalue weighted by molar-refractivity contribution is 5.94. The van der Waals surface area contributed by atoms with Crippen LogP contribution in [0.5, 0.6) is 0 Å². The number of amides is 1. The summed E-state index contributed by atoms with van der Waals surface area (Å²) in [5, 5.41) is 0. The van der Waals surface area contributed by atoms with Crippen LogP contribution < -0.4 is 10.6 Å². The van der Waals surface area contributed by atoms with Crippen molar-refractivity contribution >= 4 is 11.6 Å². The van der Waals surface area contributed by atoms with Crippen LogP contribution in [0.1, 0.15) is 12.8 Å². The van der Waals surface area contributed by atoms with Gasteiger partial charge < -0.3 is 10.6 Å². The Morgan fingerprint density at radius 2 is 2.07 bits per heavy atom. The normalized spacial score (nSPS) is 21.8. The van der Waals surface area contributed by atoms with Crippen LogP contribution in [-0.4, -0.2) is 19.0 Å². The van der Waals surface area contributed by atoms with Crippen molar-refractivity contribution in [2.24, 2.45) is 11.7 Å². The van der Waals surface area contributed by atoms with E-state index in [9.17, 15) is 4.79 Å². The number of carbonyl (C=O) groups is 1. The van der Waals surface area contributed by atoms with Gasteiger partial charge in [0, 0.05) is 18.7 Å². The average molecular weight is 204 g/mol. The molecule has 80 valence electrons. The third kappa shape index (κ3) is 2.18. The van der Waals surface area contributed by atoms with Crippen LogP contribution in [0.25, 0.3) is 0 Å². The van der Waals surface area contributed by atoms with Gasteiger partial charge in [0.2, 0.25) is 5.91 Å². The fraction of sp³-hybridized carbons (Fsp3) is 0.417. The first-order valence-electron chi connectivity index (χ1n) is 5.36. The predicted molar refractivity (Wildman–Crippen MR) is 60.6 cm³/mol. The van der Waals surface area contributed by atoms with Crippen LogP contribution in [0.15, 0.2) is 30.3 Å². The minimum atomic E-state index is 0.214. The molecule has 1 atom stereocenters. The second-order valence-electron chi connectivity index (χ2n) is 3.98. The molecule has 1 aromatic rings. The molecule has 3 nitrogen and oxygen atoms in total. The summed E-state index contributed by atoms with van der Waals surface area (Å²) in [6, 6.07) is 9.80. The van der Waals surface area contributed by atoms with E-state index in [1.165, 1.54) is 0 Å². The smallest absolute Gasteiger partial charge is 0.226 e. The molecular formula is C12H16N2O. The van der Waals surface area contributed by atoms with E-state index in [0.29, 0.717) is 18.9 Å². The van der Waals surface area contributed by atoms with E-state index in [4.69, 9.17) is 5.73 Å². The summed E-state index contributed by atoms with van der Waals surface area (Å²) in [4.78, 5) is 13.6. The highest BCUT2D eigenvalue weighted by Crippen LogP contribution is 2.23. The van der Waals surface area contributed by atoms with Crippen molar-refractivity contribution in [1.82, 2.24) is 0 Å². The van der Waals surface area contributed by atoms with Crippen LogP contribution in [0.4, 0.5) is 5.69 Å². The fourth-order valence-electron chi connectivity index (χ4n) is 1.96. The lowest BCUT2D eigenvalue weighted by Crippen LogP contribution is -2.42. The Balaban J connectivity index is 2.16. The van der Waals surface area contributed by atoms with Crippen LogP contribution >= 0.6 is 0 Å². The monoisotopic (exact) mass is 204 g/mol. The van der Waals surface area contributed by atoms with E-state index in [1.54, 1.807) is 0 Å². The lowest BCUT2D eigenvalue weighted by Gasteiger charge is -2.32. The van der Waals surface area contributed by atoms with Gasteiger partial charge in [-0.25, -0.2) is 0 Å². The molecular weight excluding hydrogens is 188 g/mol. The summed E-state index contributed by atoms with van der Waals surface area (Å²) in [7, 11) is 0. The van der Waals surface area contributed by atoms with Crippen molar-refractivity contribution in [3.05, 3.63) is 30.3 Å². The largest absolute Gasteiger partial charge is 0.330 e. The third-order valence-corrected chi connectivity index (χ3v) is 2.91. The van der Waals surface area contributed by atoms with Crippen LogP contribution in [0.3, 0.4) is 0 Å². The molecule has 0 aliphatic carbocycles. The van der Waals surface area contributed by atoms with Crippen LogP contribution in [-0.2, 0) is 4.79 Å². The SMILES string of the molecule is NCC1CCC(=O)N(c2ccccc2)C1. The standard InChI is InChI=1S/C12H16N2O/c13-8-10-6-7-12(15)14(9-10)11-4-2-1-3-5-11/h1-5,10H,6-9,13H2. The lowest BCUT2D eigenvalue weighted by atomic mass is 9.97. The molecule has 0 saturated carbocycles. The molecule has 3 heteroatoms. The average Bonchev–Trinajstić information content (AvgIpc) is 2.31. The van der Waals surface area contributed by atoms with Gasteiger partial charge in [-0.1, -0.05) is 18.2 Å². The van der Waals surface area contributed by atoms with Crippen LogP contribution in [0.2, 0.25) is 0 Å². The van der Waals surface area contributed by atoms with Gasteiger partial charge >= 0.3 is 0 Å². The van der Waals surface area contributed by atoms with Gasteiger partial charge in [0.05, 0.1) is 0 Å². The first-order chi connectivity index (χ1) is 7.31. The van der Waals surface area contributed by atoms with E-state index >= 15 is 0 Å². The van der Waals surface area contributed by atoms with E-state index < -0.39 is 0 Å². The highest BCUT2D eigenvalue weighted by Gasteiger charge is 2.25. The Morgan fingerprint density at radius 3 is 2.73 bits per heavy atom. The molecule has 1 saturated heterocycles. The van der Waals surface area contributed by atoms with Gasteiger partial charge in [0.15, 0.2) is 0 Å². The number of hydrogen-bond acceptors (Lipinski definition) is 2. The minimum Gasteiger partial charge on any atom is -0.330 e. The zero-order valence-electron chi connectivity index (χ0n) is 8.73. The molecule has 1 heterocycles. The van der Waals surface area contributed by atoms with Gasteiger partial charge in [0.25, 0.3) is 0 Å². The van der Waals surface area contributed by atoms with Crippen molar-refractivity contribution < 1.29 is 4.79 Å². The molecule has 1 unspecified atom stereocenters. The molecule has 1 aliphatic rings. The summed E-state index contributed by atoms with van der Waals surface area (Å²) < 4.78 is 0. The second kappa shape index (κ2) is 4.45. The predicted octanol–water partition coefficient (Wildman–Crippen LogP) is 1.39. The van der Waals surface area contributed by atoms with E-state index in [1.807, 2.05) is 35.2 Å². The fourth-order valence-corrected chi connectivity index (χ4v) is 1.96. The number of nitrogens with two attached hydrogens (primary N) is 1. The van der Waals surface area contributed by atoms with E-state index in [0.717, 1.165) is 18.7 Å². The number of piperidine rings is 1. The van der Waals surface area contributed by atoms with Gasteiger partial charge in [-0.15, -0.1) is 0 Å². The number of rotatable bonds is 2. The molecule has 0 spiro atoms. The van der Waals surface area contributed by atoms with Crippen molar-refractivity contribution in [1.29, 1.82) is 0 Å². The van der Waals surface area contributed by atoms with Crippen molar-refractivity contribution in [3.63, 3.8) is 0 Å². The first kappa shape index (κ1) is 10.2. The van der Waals surface area contributed by atoms with Gasteiger partial charge in [-0.3, -0.25) is 4.79 Å². The third-order valence-electron chi connectivity index (χ3n) is 2.91. The van der Waals surface area contributed by atoms with Gasteiger partial charge in [0.1, 0.15) is 0 Å². The lowest BCUT2D eigenvalue weighted by molar-refractivity contribution is -0.120. The van der Waals surface area contributed by atoms with Gasteiger partial charge in [-0.2, -0.15) is 0 Å². The number of benzene rings is 1. The maximum absolute atomic E-state index is 11.7. The molecule has 2 N–H and O–H groups in total. The Kier molecular flexibility index (Phi) is 3.02. The minimum absolute atomic E-state index is 0.214. The van der Waals surface area contributed by atoms with Crippen molar-refractivity contribution in [3.8, 4) is 0 Å². The maximum Gasteiger partial charge on any atom is 0.226 e. The summed E-state index contributed by atoms with van der Waals surface area (Å²) in [6.45, 7) is 1.43. The number of para-hydroxylation sites is 1. The summed E-state index contributed by atoms with van der Waals surface area (Å²) in [5.41, 5.74) is 6.64. The molecule has 1 amide bonds. The quantitative estimate of drug-likeness (QED) is 0.791. The Morgan fingerprint density at radius 1 is 1.33 bits per heavy atom. The first-order valence-corrected chi connectivity index (χ1v) is 5.36. The Bertz CT molecular complexity index is 337. The van der Waals surface area contributed by atoms with E-state index in [-0.39, 0.29) is 5.91 Å². The summed E-state index contributed by atoms with van der Waals surface area (Å²) >= 11 is 0. The maximum atomic E-state index is 11.7. The molecule has 15 heavy (non-hydrogen) atoms. The summed E-state index contributed by atoms with van der Waals surface area (Å²) in [5.74, 6) is 0.661. The molecule has 2 rings (SSSR count). The second-order valence-corrected chi connectivity index (χ2v) is 3.98. The molecule has 1 aromatic carbocycles. The zero-order valence-corrected chi connectivity index (χ0v) is 8.73. The zero-order chi connectivity index (χ0) is 10.7. The summed E-state index contributed by atoms with van der Waals surface area (Å²) in [6.07, 6.45) is 1.55. The number of carbonyl (C=O) groups excluding carboxylic acids is 1. The van der Waals surface area contributed by atoms with E-state index in [2.05, 4.69) is 0 Å². The Hall–Kier alpha value is -1.35. The number of anilines is 1. The molecule has 0 radical (unpaired) electrons. The van der Waals surface area contributed by atoms with Crippen molar-refractivity contribution in [2.45, 2.75) is 12.8 Å². The highest BCUT2D eigenvalue weighted by atomic mass is 16.2. The van der Waals surface area contributed by atoms with Crippen LogP contribution in [0, 0.1) is 5.92 Å². The molecule has 1 fully saturated rings. The molecule has 0 aromatic heterocycles. The topological polar surface area (TPSA) is 46.3 Å². The molecule has 1 aliphatic heterocycles. The van der Waals surface area contributed by atoms with Gasteiger partial charge in [-0.05, 0) is 31.0 Å². The Labute approximate surface area is 89.9 Å². The van der Waals surface area contributed by atoms with Crippen molar-refractivity contribution in [2.75, 3.05) is 18.0 Å². The molecule has 0 bridgehead atoms. The number of nitrogens with zero attached hydrogens (tertiary/aromatic N) is 1. The number of hydrogen-bond donors (Lipinski definition) is 1.